The van der Waals surface area contributed by atoms with Crippen LogP contribution in [0.5, 0.6) is 0 Å². The highest BCUT2D eigenvalue weighted by Gasteiger charge is 2.12. The monoisotopic (exact) mass is 350 g/mol. The molecule has 3 aromatic rings. The molecular weight excluding hydrogens is 331 g/mol. The first-order valence-electron chi connectivity index (χ1n) is 8.37. The summed E-state index contributed by atoms with van der Waals surface area (Å²) in [5.74, 6) is -0.0879. The molecule has 2 aromatic carbocycles. The summed E-state index contributed by atoms with van der Waals surface area (Å²) >= 11 is 0. The summed E-state index contributed by atoms with van der Waals surface area (Å²) in [6.45, 7) is 2.83. The maximum Gasteiger partial charge on any atom is 0.272 e. The van der Waals surface area contributed by atoms with Gasteiger partial charge in [0.1, 0.15) is 5.82 Å². The van der Waals surface area contributed by atoms with E-state index in [4.69, 9.17) is 0 Å². The largest absolute Gasteiger partial charge is 0.346 e. The molecule has 1 amide bonds. The van der Waals surface area contributed by atoms with Crippen LogP contribution in [0.4, 0.5) is 15.9 Å². The number of benzene rings is 2. The van der Waals surface area contributed by atoms with Gasteiger partial charge in [0.05, 0.1) is 0 Å². The van der Waals surface area contributed by atoms with Gasteiger partial charge in [0.25, 0.3) is 5.91 Å². The molecule has 6 heteroatoms. The van der Waals surface area contributed by atoms with Gasteiger partial charge in [-0.05, 0) is 37.3 Å². The van der Waals surface area contributed by atoms with Gasteiger partial charge < -0.3 is 10.2 Å². The van der Waals surface area contributed by atoms with Gasteiger partial charge in [-0.25, -0.2) is 4.39 Å². The molecule has 1 heterocycles. The molecule has 0 aliphatic heterocycles. The van der Waals surface area contributed by atoms with Crippen molar-refractivity contribution < 1.29 is 9.18 Å². The summed E-state index contributed by atoms with van der Waals surface area (Å²) in [6, 6.07) is 19.5. The number of carbonyl (C=O) groups excluding carboxylic acids is 1. The van der Waals surface area contributed by atoms with Gasteiger partial charge >= 0.3 is 0 Å². The molecule has 1 aromatic heterocycles. The first-order chi connectivity index (χ1) is 12.7. The number of nitrogens with one attached hydrogen (secondary N) is 1. The number of hydrogen-bond donors (Lipinski definition) is 1. The van der Waals surface area contributed by atoms with Crippen molar-refractivity contribution in [1.29, 1.82) is 0 Å². The number of halogens is 1. The highest BCUT2D eigenvalue weighted by Crippen LogP contribution is 2.22. The minimum atomic E-state index is -0.393. The Balaban J connectivity index is 1.68. The summed E-state index contributed by atoms with van der Waals surface area (Å²) in [6.07, 6.45) is 0. The summed E-state index contributed by atoms with van der Waals surface area (Å²) in [5.41, 5.74) is 1.61. The summed E-state index contributed by atoms with van der Waals surface area (Å²) in [4.78, 5) is 14.2. The van der Waals surface area contributed by atoms with Crippen molar-refractivity contribution in [3.63, 3.8) is 0 Å². The Labute approximate surface area is 151 Å². The first kappa shape index (κ1) is 17.5. The lowest BCUT2D eigenvalue weighted by Gasteiger charge is -2.21. The quantitative estimate of drug-likeness (QED) is 0.736. The second kappa shape index (κ2) is 8.20. The molecule has 5 nitrogen and oxygen atoms in total. The topological polar surface area (TPSA) is 58.1 Å². The van der Waals surface area contributed by atoms with E-state index in [9.17, 15) is 9.18 Å². The van der Waals surface area contributed by atoms with Crippen molar-refractivity contribution in [2.24, 2.45) is 0 Å². The number of amides is 1. The fraction of sp³-hybridized carbons (Fsp3) is 0.150. The molecule has 0 radical (unpaired) electrons. The molecule has 0 aliphatic carbocycles. The van der Waals surface area contributed by atoms with E-state index in [0.29, 0.717) is 11.4 Å². The molecule has 0 spiro atoms. The first-order valence-corrected chi connectivity index (χ1v) is 8.37. The van der Waals surface area contributed by atoms with Gasteiger partial charge in [0.2, 0.25) is 0 Å². The molecule has 3 rings (SSSR count). The second-order valence-electron chi connectivity index (χ2n) is 5.63. The van der Waals surface area contributed by atoms with Gasteiger partial charge in [-0.15, -0.1) is 10.2 Å². The van der Waals surface area contributed by atoms with Crippen molar-refractivity contribution in [3.8, 4) is 0 Å². The third kappa shape index (κ3) is 4.03. The van der Waals surface area contributed by atoms with Gasteiger partial charge in [0.15, 0.2) is 11.5 Å². The summed E-state index contributed by atoms with van der Waals surface area (Å²) in [7, 11) is 0. The second-order valence-corrected chi connectivity index (χ2v) is 5.63. The Bertz CT molecular complexity index is 868. The lowest BCUT2D eigenvalue weighted by atomic mass is 10.2. The van der Waals surface area contributed by atoms with Crippen molar-refractivity contribution in [2.45, 2.75) is 13.5 Å². The number of aromatic nitrogens is 2. The van der Waals surface area contributed by atoms with Crippen molar-refractivity contribution in [1.82, 2.24) is 15.5 Å². The molecule has 0 saturated heterocycles. The molecule has 26 heavy (non-hydrogen) atoms. The van der Waals surface area contributed by atoms with E-state index < -0.39 is 5.91 Å². The predicted molar refractivity (Wildman–Crippen MR) is 98.7 cm³/mol. The molecule has 0 fully saturated rings. The average molecular weight is 350 g/mol. The van der Waals surface area contributed by atoms with Crippen molar-refractivity contribution in [3.05, 3.63) is 83.8 Å². The van der Waals surface area contributed by atoms with Crippen LogP contribution < -0.4 is 10.2 Å². The Morgan fingerprint density at radius 1 is 1.00 bits per heavy atom. The van der Waals surface area contributed by atoms with Crippen LogP contribution in [0.1, 0.15) is 23.0 Å². The highest BCUT2D eigenvalue weighted by molar-refractivity contribution is 5.92. The fourth-order valence-electron chi connectivity index (χ4n) is 2.58. The van der Waals surface area contributed by atoms with E-state index in [1.54, 1.807) is 30.3 Å². The number of anilines is 2. The molecule has 0 aliphatic rings. The van der Waals surface area contributed by atoms with Gasteiger partial charge in [-0.3, -0.25) is 4.79 Å². The number of para-hydroxylation sites is 1. The third-order valence-electron chi connectivity index (χ3n) is 3.94. The number of rotatable bonds is 6. The highest BCUT2D eigenvalue weighted by atomic mass is 19.1. The van der Waals surface area contributed by atoms with E-state index in [1.165, 1.54) is 6.07 Å². The average Bonchev–Trinajstić information content (AvgIpc) is 2.69. The summed E-state index contributed by atoms with van der Waals surface area (Å²) in [5, 5.41) is 10.8. The Hall–Kier alpha value is -3.28. The van der Waals surface area contributed by atoms with Gasteiger partial charge in [-0.1, -0.05) is 36.4 Å². The Morgan fingerprint density at radius 2 is 1.73 bits per heavy atom. The molecular formula is C20H19FN4O. The lowest BCUT2D eigenvalue weighted by molar-refractivity contribution is 0.0944. The molecule has 0 saturated carbocycles. The normalized spacial score (nSPS) is 10.4. The predicted octanol–water partition coefficient (Wildman–Crippen LogP) is 3.70. The number of nitrogens with zero attached hydrogens (tertiary/aromatic N) is 3. The zero-order valence-corrected chi connectivity index (χ0v) is 14.4. The fourth-order valence-corrected chi connectivity index (χ4v) is 2.58. The molecule has 0 unspecified atom stereocenters. The van der Waals surface area contributed by atoms with Gasteiger partial charge in [-0.2, -0.15) is 0 Å². The van der Waals surface area contributed by atoms with Crippen LogP contribution in [0, 0.1) is 5.82 Å². The van der Waals surface area contributed by atoms with E-state index in [0.717, 1.165) is 12.2 Å². The zero-order valence-electron chi connectivity index (χ0n) is 14.4. The van der Waals surface area contributed by atoms with Gasteiger partial charge in [0, 0.05) is 24.3 Å². The van der Waals surface area contributed by atoms with Crippen molar-refractivity contribution >= 4 is 17.4 Å². The minimum Gasteiger partial charge on any atom is -0.346 e. The van der Waals surface area contributed by atoms with Crippen molar-refractivity contribution in [2.75, 3.05) is 11.4 Å². The van der Waals surface area contributed by atoms with Crippen LogP contribution >= 0.6 is 0 Å². The van der Waals surface area contributed by atoms with Crippen LogP contribution in [-0.4, -0.2) is 22.6 Å². The number of carbonyl (C=O) groups is 1. The SMILES string of the molecule is CCN(c1ccccc1)c1ccc(C(=O)NCc2ccccc2F)nn1. The number of hydrogen-bond acceptors (Lipinski definition) is 4. The maximum atomic E-state index is 13.6. The van der Waals surface area contributed by atoms with Crippen LogP contribution in [0.2, 0.25) is 0 Å². The molecule has 132 valence electrons. The molecule has 1 N–H and O–H groups in total. The smallest absolute Gasteiger partial charge is 0.272 e. The molecule has 0 atom stereocenters. The van der Waals surface area contributed by atoms with Crippen LogP contribution in [-0.2, 0) is 6.54 Å². The van der Waals surface area contributed by atoms with E-state index in [1.807, 2.05) is 42.2 Å². The lowest BCUT2D eigenvalue weighted by Crippen LogP contribution is -2.25. The van der Waals surface area contributed by atoms with Crippen LogP contribution in [0.15, 0.2) is 66.7 Å². The molecule has 0 bridgehead atoms. The third-order valence-corrected chi connectivity index (χ3v) is 3.94. The minimum absolute atomic E-state index is 0.0973. The van der Waals surface area contributed by atoms with E-state index in [2.05, 4.69) is 15.5 Å². The van der Waals surface area contributed by atoms with E-state index >= 15 is 0 Å². The Morgan fingerprint density at radius 3 is 2.38 bits per heavy atom. The van der Waals surface area contributed by atoms with E-state index in [-0.39, 0.29) is 18.1 Å². The van der Waals surface area contributed by atoms with Crippen LogP contribution in [0.3, 0.4) is 0 Å². The summed E-state index contributed by atoms with van der Waals surface area (Å²) < 4.78 is 13.6. The standard InChI is InChI=1S/C20H19FN4O/c1-2-25(16-9-4-3-5-10-16)19-13-12-18(23-24-19)20(26)22-14-15-8-6-7-11-17(15)21/h3-13H,2,14H2,1H3,(H,22,26). The Kier molecular flexibility index (Phi) is 5.53. The zero-order chi connectivity index (χ0) is 18.4. The maximum absolute atomic E-state index is 13.6. The van der Waals surface area contributed by atoms with Crippen LogP contribution in [0.25, 0.3) is 0 Å².